The number of hydrogen-bond donors (Lipinski definition) is 1. The van der Waals surface area contributed by atoms with Gasteiger partial charge in [0.1, 0.15) is 0 Å². The van der Waals surface area contributed by atoms with Crippen molar-refractivity contribution in [1.29, 1.82) is 0 Å². The summed E-state index contributed by atoms with van der Waals surface area (Å²) >= 11 is 1.61. The van der Waals surface area contributed by atoms with Crippen molar-refractivity contribution in [3.8, 4) is 5.88 Å². The average Bonchev–Trinajstić information content (AvgIpc) is 3.07. The summed E-state index contributed by atoms with van der Waals surface area (Å²) in [5, 5.41) is 5.83. The molecule has 2 rings (SSSR count). The van der Waals surface area contributed by atoms with Gasteiger partial charge in [0.15, 0.2) is 0 Å². The fourth-order valence-electron chi connectivity index (χ4n) is 2.02. The van der Waals surface area contributed by atoms with Crippen LogP contribution in [0, 0.1) is 0 Å². The molecule has 0 bridgehead atoms. The molecule has 1 unspecified atom stereocenters. The summed E-state index contributed by atoms with van der Waals surface area (Å²) in [6, 6.07) is 5.34. The number of carbonyl (C=O) groups is 1. The van der Waals surface area contributed by atoms with Gasteiger partial charge in [0.2, 0.25) is 5.88 Å². The number of pyridine rings is 1. The molecule has 0 fully saturated rings. The fourth-order valence-corrected chi connectivity index (χ4v) is 2.71. The largest absolute Gasteiger partial charge is 0.481 e. The first-order chi connectivity index (χ1) is 10.6. The van der Waals surface area contributed by atoms with Crippen LogP contribution >= 0.6 is 11.3 Å². The van der Waals surface area contributed by atoms with E-state index in [1.54, 1.807) is 42.7 Å². The molecule has 22 heavy (non-hydrogen) atoms. The zero-order chi connectivity index (χ0) is 15.9. The molecule has 2 aromatic rings. The Balaban J connectivity index is 1.83. The molecule has 0 aromatic carbocycles. The molecule has 6 nitrogen and oxygen atoms in total. The van der Waals surface area contributed by atoms with Crippen molar-refractivity contribution < 1.29 is 9.53 Å². The van der Waals surface area contributed by atoms with Gasteiger partial charge in [0, 0.05) is 37.2 Å². The van der Waals surface area contributed by atoms with Crippen molar-refractivity contribution in [2.45, 2.75) is 19.4 Å². The van der Waals surface area contributed by atoms with E-state index >= 15 is 0 Å². The van der Waals surface area contributed by atoms with E-state index in [-0.39, 0.29) is 11.9 Å². The van der Waals surface area contributed by atoms with Crippen LogP contribution in [0.4, 0.5) is 4.79 Å². The summed E-state index contributed by atoms with van der Waals surface area (Å²) < 4.78 is 5.06. The van der Waals surface area contributed by atoms with E-state index < -0.39 is 0 Å². The molecule has 0 saturated heterocycles. The van der Waals surface area contributed by atoms with Crippen molar-refractivity contribution in [3.05, 3.63) is 40.5 Å². The Morgan fingerprint density at radius 1 is 1.50 bits per heavy atom. The number of methoxy groups -OCH3 is 1. The maximum absolute atomic E-state index is 12.1. The van der Waals surface area contributed by atoms with Crippen LogP contribution in [0.2, 0.25) is 0 Å². The smallest absolute Gasteiger partial charge is 0.317 e. The normalized spacial score (nSPS) is 11.8. The molecular weight excluding hydrogens is 300 g/mol. The molecule has 0 aliphatic rings. The Hall–Kier alpha value is -2.15. The number of amides is 2. The first-order valence-electron chi connectivity index (χ1n) is 6.98. The zero-order valence-corrected chi connectivity index (χ0v) is 13.8. The third-order valence-electron chi connectivity index (χ3n) is 3.18. The second-order valence-corrected chi connectivity index (χ2v) is 5.91. The molecule has 2 aromatic heterocycles. The van der Waals surface area contributed by atoms with Gasteiger partial charge in [-0.1, -0.05) is 13.0 Å². The van der Waals surface area contributed by atoms with E-state index in [1.807, 2.05) is 17.5 Å². The maximum Gasteiger partial charge on any atom is 0.317 e. The summed E-state index contributed by atoms with van der Waals surface area (Å²) in [4.78, 5) is 22.3. The standard InChI is InChI=1S/C15H20N4O2S/c1-11(14-16-7-8-22-14)10-19(2)15(20)17-9-12-5-4-6-13(18-12)21-3/h4-8,11H,9-10H2,1-3H3,(H,17,20). The molecule has 0 aliphatic heterocycles. The monoisotopic (exact) mass is 320 g/mol. The number of ether oxygens (including phenoxy) is 1. The molecule has 0 aliphatic carbocycles. The number of rotatable bonds is 6. The third-order valence-corrected chi connectivity index (χ3v) is 4.19. The topological polar surface area (TPSA) is 67.3 Å². The maximum atomic E-state index is 12.1. The SMILES string of the molecule is COc1cccc(CNC(=O)N(C)CC(C)c2nccs2)n1. The van der Waals surface area contributed by atoms with Crippen LogP contribution in [0.5, 0.6) is 5.88 Å². The predicted octanol–water partition coefficient (Wildman–Crippen LogP) is 2.49. The molecule has 2 amide bonds. The third kappa shape index (κ3) is 4.42. The van der Waals surface area contributed by atoms with Crippen LogP contribution in [0.3, 0.4) is 0 Å². The zero-order valence-electron chi connectivity index (χ0n) is 12.9. The molecule has 118 valence electrons. The van der Waals surface area contributed by atoms with Crippen molar-refractivity contribution >= 4 is 17.4 Å². The first-order valence-corrected chi connectivity index (χ1v) is 7.86. The van der Waals surface area contributed by atoms with Gasteiger partial charge < -0.3 is 15.0 Å². The van der Waals surface area contributed by atoms with Gasteiger partial charge in [-0.2, -0.15) is 0 Å². The highest BCUT2D eigenvalue weighted by molar-refractivity contribution is 7.09. The highest BCUT2D eigenvalue weighted by Crippen LogP contribution is 2.18. The van der Waals surface area contributed by atoms with E-state index in [0.29, 0.717) is 19.0 Å². The van der Waals surface area contributed by atoms with E-state index in [9.17, 15) is 4.79 Å². The molecule has 2 heterocycles. The second kappa shape index (κ2) is 7.74. The summed E-state index contributed by atoms with van der Waals surface area (Å²) in [5.74, 6) is 0.753. The Bertz CT molecular complexity index is 603. The molecule has 1 N–H and O–H groups in total. The Morgan fingerprint density at radius 2 is 2.32 bits per heavy atom. The van der Waals surface area contributed by atoms with E-state index in [4.69, 9.17) is 4.74 Å². The van der Waals surface area contributed by atoms with Gasteiger partial charge in [-0.15, -0.1) is 11.3 Å². The van der Waals surface area contributed by atoms with E-state index in [0.717, 1.165) is 10.7 Å². The van der Waals surface area contributed by atoms with Crippen LogP contribution in [-0.4, -0.2) is 41.6 Å². The van der Waals surface area contributed by atoms with E-state index in [1.165, 1.54) is 0 Å². The summed E-state index contributed by atoms with van der Waals surface area (Å²) in [6.45, 7) is 3.04. The number of nitrogens with zero attached hydrogens (tertiary/aromatic N) is 3. The van der Waals surface area contributed by atoms with Crippen LogP contribution in [-0.2, 0) is 6.54 Å². The van der Waals surface area contributed by atoms with Gasteiger partial charge in [-0.3, -0.25) is 0 Å². The first kappa shape index (κ1) is 16.2. The minimum Gasteiger partial charge on any atom is -0.481 e. The predicted molar refractivity (Wildman–Crippen MR) is 86.2 cm³/mol. The minimum absolute atomic E-state index is 0.131. The summed E-state index contributed by atoms with van der Waals surface area (Å²) in [5.41, 5.74) is 0.758. The van der Waals surface area contributed by atoms with Crippen molar-refractivity contribution in [1.82, 2.24) is 20.2 Å². The van der Waals surface area contributed by atoms with Gasteiger partial charge >= 0.3 is 6.03 Å². The minimum atomic E-state index is -0.131. The molecule has 0 saturated carbocycles. The Morgan fingerprint density at radius 3 is 3.00 bits per heavy atom. The summed E-state index contributed by atoms with van der Waals surface area (Å²) in [7, 11) is 3.34. The molecule has 1 atom stereocenters. The lowest BCUT2D eigenvalue weighted by molar-refractivity contribution is 0.206. The van der Waals surface area contributed by atoms with Gasteiger partial charge in [0.05, 0.1) is 24.4 Å². The van der Waals surface area contributed by atoms with Crippen LogP contribution < -0.4 is 10.1 Å². The quantitative estimate of drug-likeness (QED) is 0.888. The number of carbonyl (C=O) groups excluding carboxylic acids is 1. The Labute approximate surface area is 134 Å². The van der Waals surface area contributed by atoms with Crippen molar-refractivity contribution in [3.63, 3.8) is 0 Å². The molecule has 0 spiro atoms. The number of urea groups is 1. The van der Waals surface area contributed by atoms with Crippen molar-refractivity contribution in [2.24, 2.45) is 0 Å². The number of hydrogen-bond acceptors (Lipinski definition) is 5. The number of thiazole rings is 1. The van der Waals surface area contributed by atoms with Crippen LogP contribution in [0.15, 0.2) is 29.8 Å². The lowest BCUT2D eigenvalue weighted by atomic mass is 10.2. The fraction of sp³-hybridized carbons (Fsp3) is 0.400. The highest BCUT2D eigenvalue weighted by Gasteiger charge is 2.15. The summed E-state index contributed by atoms with van der Waals surface area (Å²) in [6.07, 6.45) is 1.78. The van der Waals surface area contributed by atoms with Crippen LogP contribution in [0.25, 0.3) is 0 Å². The number of nitrogens with one attached hydrogen (secondary N) is 1. The van der Waals surface area contributed by atoms with E-state index in [2.05, 4.69) is 22.2 Å². The lowest BCUT2D eigenvalue weighted by Crippen LogP contribution is -2.38. The van der Waals surface area contributed by atoms with Crippen LogP contribution in [0.1, 0.15) is 23.5 Å². The second-order valence-electron chi connectivity index (χ2n) is 4.98. The highest BCUT2D eigenvalue weighted by atomic mass is 32.1. The molecule has 0 radical (unpaired) electrons. The van der Waals surface area contributed by atoms with Gasteiger partial charge in [0.25, 0.3) is 0 Å². The number of likely N-dealkylation sites (N-methyl/N-ethyl adjacent to an activating group) is 1. The molecule has 7 heteroatoms. The average molecular weight is 320 g/mol. The molecular formula is C15H20N4O2S. The lowest BCUT2D eigenvalue weighted by Gasteiger charge is -2.21. The Kier molecular flexibility index (Phi) is 5.71. The van der Waals surface area contributed by atoms with Gasteiger partial charge in [-0.25, -0.2) is 14.8 Å². The van der Waals surface area contributed by atoms with Crippen molar-refractivity contribution in [2.75, 3.05) is 20.7 Å². The number of aromatic nitrogens is 2. The van der Waals surface area contributed by atoms with Gasteiger partial charge in [-0.05, 0) is 6.07 Å².